The van der Waals surface area contributed by atoms with E-state index in [1.165, 1.54) is 11.3 Å². The van der Waals surface area contributed by atoms with Crippen LogP contribution < -0.4 is 10.6 Å². The summed E-state index contributed by atoms with van der Waals surface area (Å²) in [5.41, 5.74) is 2.11. The summed E-state index contributed by atoms with van der Waals surface area (Å²) in [4.78, 5) is 32.2. The van der Waals surface area contributed by atoms with Crippen molar-refractivity contribution in [2.24, 2.45) is 0 Å². The normalized spacial score (nSPS) is 19.2. The standard InChI is InChI=1S/C20H24N4O3S/c25-18(21-11-14-5-2-1-3-6-14)13-24-9-8-15-17(12-24)28-20(22-15)23-19(26)16-7-4-10-27-16/h1-3,5-6,16H,4,7-13H2,(H,21,25)(H,22,23,26). The summed E-state index contributed by atoms with van der Waals surface area (Å²) in [6.07, 6.45) is 2.12. The highest BCUT2D eigenvalue weighted by Crippen LogP contribution is 2.28. The van der Waals surface area contributed by atoms with Crippen LogP contribution in [0.1, 0.15) is 29.0 Å². The van der Waals surface area contributed by atoms with Crippen molar-refractivity contribution in [3.63, 3.8) is 0 Å². The molecule has 8 heteroatoms. The zero-order valence-electron chi connectivity index (χ0n) is 15.6. The number of nitrogens with zero attached hydrogens (tertiary/aromatic N) is 2. The topological polar surface area (TPSA) is 83.6 Å². The maximum absolute atomic E-state index is 12.3. The van der Waals surface area contributed by atoms with Gasteiger partial charge in [-0.2, -0.15) is 0 Å². The molecule has 0 radical (unpaired) electrons. The van der Waals surface area contributed by atoms with Crippen molar-refractivity contribution >= 4 is 28.3 Å². The lowest BCUT2D eigenvalue weighted by molar-refractivity contribution is -0.124. The van der Waals surface area contributed by atoms with Crippen LogP contribution in [0.3, 0.4) is 0 Å². The molecule has 1 saturated heterocycles. The number of hydrogen-bond acceptors (Lipinski definition) is 6. The van der Waals surface area contributed by atoms with Crippen LogP contribution in [-0.4, -0.2) is 47.5 Å². The highest BCUT2D eigenvalue weighted by atomic mass is 32.1. The van der Waals surface area contributed by atoms with Gasteiger partial charge in [0.15, 0.2) is 5.13 Å². The first-order valence-electron chi connectivity index (χ1n) is 9.61. The molecule has 2 amide bonds. The monoisotopic (exact) mass is 400 g/mol. The number of aromatic nitrogens is 1. The Morgan fingerprint density at radius 2 is 2.14 bits per heavy atom. The Morgan fingerprint density at radius 3 is 2.93 bits per heavy atom. The summed E-state index contributed by atoms with van der Waals surface area (Å²) >= 11 is 1.49. The van der Waals surface area contributed by atoms with Gasteiger partial charge in [0.1, 0.15) is 6.10 Å². The van der Waals surface area contributed by atoms with Gasteiger partial charge in [-0.05, 0) is 18.4 Å². The minimum Gasteiger partial charge on any atom is -0.368 e. The summed E-state index contributed by atoms with van der Waals surface area (Å²) in [7, 11) is 0. The predicted octanol–water partition coefficient (Wildman–Crippen LogP) is 1.94. The highest BCUT2D eigenvalue weighted by Gasteiger charge is 2.26. The average molecular weight is 401 g/mol. The highest BCUT2D eigenvalue weighted by molar-refractivity contribution is 7.15. The lowest BCUT2D eigenvalue weighted by Gasteiger charge is -2.25. The molecule has 1 unspecified atom stereocenters. The van der Waals surface area contributed by atoms with Gasteiger partial charge in [-0.1, -0.05) is 30.3 Å². The SMILES string of the molecule is O=C(CN1CCc2nc(NC(=O)C3CCCO3)sc2C1)NCc1ccccc1. The molecule has 3 heterocycles. The molecule has 4 rings (SSSR count). The Hall–Kier alpha value is -2.29. The summed E-state index contributed by atoms with van der Waals surface area (Å²) in [6.45, 7) is 3.02. The summed E-state index contributed by atoms with van der Waals surface area (Å²) in [6, 6.07) is 9.89. The maximum atomic E-state index is 12.3. The van der Waals surface area contributed by atoms with E-state index >= 15 is 0 Å². The lowest BCUT2D eigenvalue weighted by Crippen LogP contribution is -2.39. The number of amides is 2. The zero-order chi connectivity index (χ0) is 19.3. The van der Waals surface area contributed by atoms with Crippen LogP contribution >= 0.6 is 11.3 Å². The van der Waals surface area contributed by atoms with Gasteiger partial charge < -0.3 is 10.1 Å². The van der Waals surface area contributed by atoms with E-state index in [9.17, 15) is 9.59 Å². The van der Waals surface area contributed by atoms with Gasteiger partial charge in [0.2, 0.25) is 5.91 Å². The van der Waals surface area contributed by atoms with Crippen LogP contribution in [0, 0.1) is 0 Å². The number of anilines is 1. The molecular weight excluding hydrogens is 376 g/mol. The van der Waals surface area contributed by atoms with E-state index in [0.717, 1.165) is 41.9 Å². The van der Waals surface area contributed by atoms with E-state index in [0.29, 0.717) is 31.4 Å². The van der Waals surface area contributed by atoms with Crippen molar-refractivity contribution in [1.82, 2.24) is 15.2 Å². The minimum atomic E-state index is -0.356. The number of ether oxygens (including phenoxy) is 1. The van der Waals surface area contributed by atoms with Crippen LogP contribution in [0.5, 0.6) is 0 Å². The van der Waals surface area contributed by atoms with Gasteiger partial charge in [0.05, 0.1) is 12.2 Å². The molecule has 148 valence electrons. The third-order valence-corrected chi connectivity index (χ3v) is 5.96. The molecule has 1 atom stereocenters. The van der Waals surface area contributed by atoms with E-state index in [1.54, 1.807) is 0 Å². The third-order valence-electron chi connectivity index (χ3n) is 4.96. The maximum Gasteiger partial charge on any atom is 0.255 e. The number of rotatable bonds is 6. The first kappa shape index (κ1) is 19.0. The van der Waals surface area contributed by atoms with Gasteiger partial charge in [-0.3, -0.25) is 19.8 Å². The first-order chi connectivity index (χ1) is 13.7. The van der Waals surface area contributed by atoms with Crippen molar-refractivity contribution in [3.05, 3.63) is 46.5 Å². The largest absolute Gasteiger partial charge is 0.368 e. The van der Waals surface area contributed by atoms with Crippen molar-refractivity contribution in [2.75, 3.05) is 25.0 Å². The molecule has 28 heavy (non-hydrogen) atoms. The Kier molecular flexibility index (Phi) is 5.99. The van der Waals surface area contributed by atoms with E-state index < -0.39 is 0 Å². The van der Waals surface area contributed by atoms with Gasteiger partial charge >= 0.3 is 0 Å². The Morgan fingerprint density at radius 1 is 1.29 bits per heavy atom. The first-order valence-corrected chi connectivity index (χ1v) is 10.4. The number of carbonyl (C=O) groups excluding carboxylic acids is 2. The van der Waals surface area contributed by atoms with Crippen molar-refractivity contribution in [1.29, 1.82) is 0 Å². The van der Waals surface area contributed by atoms with Crippen LogP contribution in [-0.2, 0) is 33.8 Å². The second-order valence-corrected chi connectivity index (χ2v) is 8.19. The molecule has 2 aliphatic heterocycles. The van der Waals surface area contributed by atoms with Crippen molar-refractivity contribution < 1.29 is 14.3 Å². The van der Waals surface area contributed by atoms with E-state index in [1.807, 2.05) is 30.3 Å². The van der Waals surface area contributed by atoms with Crippen LogP contribution in [0.25, 0.3) is 0 Å². The summed E-state index contributed by atoms with van der Waals surface area (Å²) in [5.74, 6) is -0.0931. The molecular formula is C20H24N4O3S. The fourth-order valence-corrected chi connectivity index (χ4v) is 4.52. The molecule has 1 aromatic heterocycles. The molecule has 1 aromatic carbocycles. The molecule has 0 saturated carbocycles. The zero-order valence-corrected chi connectivity index (χ0v) is 16.5. The Balaban J connectivity index is 1.27. The van der Waals surface area contributed by atoms with Crippen LogP contribution in [0.4, 0.5) is 5.13 Å². The molecule has 2 N–H and O–H groups in total. The van der Waals surface area contributed by atoms with Crippen molar-refractivity contribution in [2.45, 2.75) is 38.5 Å². The van der Waals surface area contributed by atoms with E-state index in [-0.39, 0.29) is 17.9 Å². The number of carbonyl (C=O) groups is 2. The molecule has 0 spiro atoms. The fraction of sp³-hybridized carbons (Fsp3) is 0.450. The number of hydrogen-bond donors (Lipinski definition) is 2. The molecule has 7 nitrogen and oxygen atoms in total. The van der Waals surface area contributed by atoms with Crippen LogP contribution in [0.2, 0.25) is 0 Å². The molecule has 0 bridgehead atoms. The molecule has 0 aliphatic carbocycles. The minimum absolute atomic E-state index is 0.0173. The second-order valence-electron chi connectivity index (χ2n) is 7.10. The van der Waals surface area contributed by atoms with Crippen LogP contribution in [0.15, 0.2) is 30.3 Å². The fourth-order valence-electron chi connectivity index (χ4n) is 3.46. The summed E-state index contributed by atoms with van der Waals surface area (Å²) in [5, 5.41) is 6.48. The number of benzene rings is 1. The third kappa shape index (κ3) is 4.76. The number of thiazole rings is 1. The number of nitrogens with one attached hydrogen (secondary N) is 2. The van der Waals surface area contributed by atoms with Gasteiger partial charge in [-0.25, -0.2) is 4.98 Å². The smallest absolute Gasteiger partial charge is 0.255 e. The Bertz CT molecular complexity index is 833. The van der Waals surface area contributed by atoms with E-state index in [2.05, 4.69) is 20.5 Å². The molecule has 2 aliphatic rings. The lowest BCUT2D eigenvalue weighted by atomic mass is 10.2. The second kappa shape index (κ2) is 8.81. The predicted molar refractivity (Wildman–Crippen MR) is 107 cm³/mol. The van der Waals surface area contributed by atoms with Gasteiger partial charge in [-0.15, -0.1) is 11.3 Å². The van der Waals surface area contributed by atoms with Gasteiger partial charge in [0.25, 0.3) is 5.91 Å². The molecule has 1 fully saturated rings. The van der Waals surface area contributed by atoms with E-state index in [4.69, 9.17) is 4.74 Å². The quantitative estimate of drug-likeness (QED) is 0.774. The van der Waals surface area contributed by atoms with Gasteiger partial charge in [0, 0.05) is 37.5 Å². The molecule has 2 aromatic rings. The number of fused-ring (bicyclic) bond motifs is 1. The average Bonchev–Trinajstić information content (AvgIpc) is 3.36. The Labute approximate surface area is 168 Å². The van der Waals surface area contributed by atoms with Crippen molar-refractivity contribution in [3.8, 4) is 0 Å². The summed E-state index contributed by atoms with van der Waals surface area (Å²) < 4.78 is 5.42.